The number of fused-ring (bicyclic) bond motifs is 1. The highest BCUT2D eigenvalue weighted by molar-refractivity contribution is 6.01. The Kier molecular flexibility index (Phi) is 1.77. The summed E-state index contributed by atoms with van der Waals surface area (Å²) in [4.78, 5) is 11.7. The van der Waals surface area contributed by atoms with Gasteiger partial charge in [0.1, 0.15) is 11.4 Å². The average molecular weight is 191 g/mol. The monoisotopic (exact) mass is 191 g/mol. The van der Waals surface area contributed by atoms with Crippen LogP contribution in [0.3, 0.4) is 0 Å². The molecule has 0 atom stereocenters. The van der Waals surface area contributed by atoms with Gasteiger partial charge in [-0.2, -0.15) is 0 Å². The molecule has 0 radical (unpaired) electrons. The van der Waals surface area contributed by atoms with E-state index in [1.165, 1.54) is 0 Å². The smallest absolute Gasteiger partial charge is 0.170 e. The summed E-state index contributed by atoms with van der Waals surface area (Å²) in [6, 6.07) is 5.17. The van der Waals surface area contributed by atoms with Crippen molar-refractivity contribution in [3.05, 3.63) is 23.8 Å². The van der Waals surface area contributed by atoms with Gasteiger partial charge in [0, 0.05) is 5.69 Å². The summed E-state index contributed by atoms with van der Waals surface area (Å²) in [7, 11) is 0. The molecule has 2 rings (SSSR count). The zero-order chi connectivity index (χ0) is 10.3. The van der Waals surface area contributed by atoms with Gasteiger partial charge in [-0.05, 0) is 32.0 Å². The molecule has 14 heavy (non-hydrogen) atoms. The van der Waals surface area contributed by atoms with E-state index in [1.54, 1.807) is 18.2 Å². The lowest BCUT2D eigenvalue weighted by molar-refractivity contribution is 0.0620. The van der Waals surface area contributed by atoms with Gasteiger partial charge in [0.05, 0.1) is 12.0 Å². The molecule has 0 aliphatic carbocycles. The van der Waals surface area contributed by atoms with Gasteiger partial charge >= 0.3 is 0 Å². The summed E-state index contributed by atoms with van der Waals surface area (Å²) >= 11 is 0. The van der Waals surface area contributed by atoms with E-state index in [1.807, 2.05) is 13.8 Å². The zero-order valence-electron chi connectivity index (χ0n) is 8.33. The summed E-state index contributed by atoms with van der Waals surface area (Å²) < 4.78 is 5.67. The molecule has 1 aromatic carbocycles. The topological polar surface area (TPSA) is 52.3 Å². The first-order valence-electron chi connectivity index (χ1n) is 4.60. The molecule has 1 aliphatic rings. The molecule has 2 N–H and O–H groups in total. The van der Waals surface area contributed by atoms with Crippen molar-refractivity contribution < 1.29 is 9.53 Å². The molecule has 0 spiro atoms. The summed E-state index contributed by atoms with van der Waals surface area (Å²) in [5.41, 5.74) is 6.40. The number of nitrogen functional groups attached to an aromatic ring is 1. The van der Waals surface area contributed by atoms with Crippen molar-refractivity contribution in [2.24, 2.45) is 0 Å². The summed E-state index contributed by atoms with van der Waals surface area (Å²) in [5.74, 6) is 0.740. The highest BCUT2D eigenvalue weighted by Gasteiger charge is 2.32. The SMILES string of the molecule is CC1(C)CC(=O)c2cc(N)ccc2O1. The average Bonchev–Trinajstić information content (AvgIpc) is 2.05. The number of anilines is 1. The fourth-order valence-corrected chi connectivity index (χ4v) is 1.67. The lowest BCUT2D eigenvalue weighted by Crippen LogP contribution is -2.35. The van der Waals surface area contributed by atoms with E-state index in [2.05, 4.69) is 0 Å². The molecule has 0 bridgehead atoms. The van der Waals surface area contributed by atoms with E-state index in [9.17, 15) is 4.79 Å². The third-order valence-electron chi connectivity index (χ3n) is 2.28. The van der Waals surface area contributed by atoms with Crippen molar-refractivity contribution in [3.63, 3.8) is 0 Å². The van der Waals surface area contributed by atoms with Gasteiger partial charge < -0.3 is 10.5 Å². The largest absolute Gasteiger partial charge is 0.487 e. The molecule has 74 valence electrons. The number of ether oxygens (including phenoxy) is 1. The molecule has 0 fully saturated rings. The fraction of sp³-hybridized carbons (Fsp3) is 0.364. The molecule has 1 aliphatic heterocycles. The number of benzene rings is 1. The minimum Gasteiger partial charge on any atom is -0.487 e. The van der Waals surface area contributed by atoms with Crippen molar-refractivity contribution in [1.29, 1.82) is 0 Å². The molecule has 1 aromatic rings. The molecule has 3 heteroatoms. The Hall–Kier alpha value is -1.51. The van der Waals surface area contributed by atoms with Crippen LogP contribution in [0.25, 0.3) is 0 Å². The van der Waals surface area contributed by atoms with Crippen LogP contribution in [0.15, 0.2) is 18.2 Å². The van der Waals surface area contributed by atoms with Crippen molar-refractivity contribution in [2.45, 2.75) is 25.9 Å². The Morgan fingerprint density at radius 1 is 1.43 bits per heavy atom. The Bertz CT molecular complexity index is 396. The first kappa shape index (κ1) is 9.06. The zero-order valence-corrected chi connectivity index (χ0v) is 8.33. The summed E-state index contributed by atoms with van der Waals surface area (Å²) in [6.07, 6.45) is 0.406. The van der Waals surface area contributed by atoms with Crippen LogP contribution in [0, 0.1) is 0 Å². The van der Waals surface area contributed by atoms with Crippen LogP contribution in [0.1, 0.15) is 30.6 Å². The Balaban J connectivity index is 2.50. The third-order valence-corrected chi connectivity index (χ3v) is 2.28. The van der Waals surface area contributed by atoms with E-state index in [0.717, 1.165) is 0 Å². The van der Waals surface area contributed by atoms with Crippen LogP contribution in [-0.2, 0) is 0 Å². The van der Waals surface area contributed by atoms with Gasteiger partial charge in [-0.1, -0.05) is 0 Å². The van der Waals surface area contributed by atoms with E-state index < -0.39 is 5.60 Å². The molecular formula is C11H13NO2. The molecule has 0 amide bonds. The summed E-state index contributed by atoms with van der Waals surface area (Å²) in [6.45, 7) is 3.81. The van der Waals surface area contributed by atoms with Crippen molar-refractivity contribution >= 4 is 11.5 Å². The fourth-order valence-electron chi connectivity index (χ4n) is 1.67. The second-order valence-electron chi connectivity index (χ2n) is 4.22. The molecule has 0 saturated carbocycles. The molecule has 1 heterocycles. The maximum atomic E-state index is 11.7. The molecular weight excluding hydrogens is 178 g/mol. The minimum absolute atomic E-state index is 0.101. The first-order chi connectivity index (χ1) is 6.48. The maximum Gasteiger partial charge on any atom is 0.170 e. The highest BCUT2D eigenvalue weighted by atomic mass is 16.5. The van der Waals surface area contributed by atoms with Gasteiger partial charge in [-0.15, -0.1) is 0 Å². The van der Waals surface area contributed by atoms with E-state index >= 15 is 0 Å². The van der Waals surface area contributed by atoms with Gasteiger partial charge in [-0.3, -0.25) is 4.79 Å². The number of hydrogen-bond acceptors (Lipinski definition) is 3. The predicted molar refractivity (Wildman–Crippen MR) is 54.5 cm³/mol. The van der Waals surface area contributed by atoms with Crippen LogP contribution >= 0.6 is 0 Å². The summed E-state index contributed by atoms with van der Waals surface area (Å²) in [5, 5.41) is 0. The van der Waals surface area contributed by atoms with Crippen LogP contribution in [0.4, 0.5) is 5.69 Å². The molecule has 0 saturated heterocycles. The lowest BCUT2D eigenvalue weighted by atomic mass is 9.93. The van der Waals surface area contributed by atoms with Gasteiger partial charge in [0.25, 0.3) is 0 Å². The number of nitrogens with two attached hydrogens (primary N) is 1. The number of Topliss-reactive ketones (excluding diaryl/α,β-unsaturated/α-hetero) is 1. The van der Waals surface area contributed by atoms with E-state index in [0.29, 0.717) is 23.4 Å². The quantitative estimate of drug-likeness (QED) is 0.638. The van der Waals surface area contributed by atoms with Crippen LogP contribution < -0.4 is 10.5 Å². The Labute approximate surface area is 82.9 Å². The standard InChI is InChI=1S/C11H13NO2/c1-11(2)6-9(13)8-5-7(12)3-4-10(8)14-11/h3-5H,6,12H2,1-2H3. The van der Waals surface area contributed by atoms with Crippen LogP contribution in [-0.4, -0.2) is 11.4 Å². The Morgan fingerprint density at radius 2 is 2.14 bits per heavy atom. The third kappa shape index (κ3) is 1.45. The second-order valence-corrected chi connectivity index (χ2v) is 4.22. The molecule has 0 aromatic heterocycles. The molecule has 0 unspecified atom stereocenters. The number of hydrogen-bond donors (Lipinski definition) is 1. The predicted octanol–water partition coefficient (Wildman–Crippen LogP) is 2.01. The van der Waals surface area contributed by atoms with Crippen molar-refractivity contribution in [1.82, 2.24) is 0 Å². The normalized spacial score (nSPS) is 18.6. The van der Waals surface area contributed by atoms with E-state index in [4.69, 9.17) is 10.5 Å². The number of carbonyl (C=O) groups excluding carboxylic acids is 1. The van der Waals surface area contributed by atoms with E-state index in [-0.39, 0.29) is 5.78 Å². The van der Waals surface area contributed by atoms with Crippen molar-refractivity contribution in [3.8, 4) is 5.75 Å². The first-order valence-corrected chi connectivity index (χ1v) is 4.60. The molecule has 3 nitrogen and oxygen atoms in total. The minimum atomic E-state index is -0.403. The lowest BCUT2D eigenvalue weighted by Gasteiger charge is -2.31. The van der Waals surface area contributed by atoms with Gasteiger partial charge in [0.2, 0.25) is 0 Å². The highest BCUT2D eigenvalue weighted by Crippen LogP contribution is 2.33. The number of ketones is 1. The van der Waals surface area contributed by atoms with Gasteiger partial charge in [-0.25, -0.2) is 0 Å². The van der Waals surface area contributed by atoms with Gasteiger partial charge in [0.15, 0.2) is 5.78 Å². The Morgan fingerprint density at radius 3 is 2.86 bits per heavy atom. The van der Waals surface area contributed by atoms with Crippen LogP contribution in [0.5, 0.6) is 5.75 Å². The number of carbonyl (C=O) groups is 1. The second kappa shape index (κ2) is 2.74. The number of rotatable bonds is 0. The maximum absolute atomic E-state index is 11.7. The van der Waals surface area contributed by atoms with Crippen molar-refractivity contribution in [2.75, 3.05) is 5.73 Å². The van der Waals surface area contributed by atoms with Crippen LogP contribution in [0.2, 0.25) is 0 Å².